The van der Waals surface area contributed by atoms with E-state index in [2.05, 4.69) is 10.3 Å². The largest absolute Gasteiger partial charge is 0.493 e. The number of carbonyl (C=O) groups excluding carboxylic acids is 2. The van der Waals surface area contributed by atoms with E-state index in [1.54, 1.807) is 0 Å². The molecule has 1 aromatic heterocycles. The Morgan fingerprint density at radius 3 is 2.50 bits per heavy atom. The lowest BCUT2D eigenvalue weighted by Gasteiger charge is -2.45. The van der Waals surface area contributed by atoms with Gasteiger partial charge in [-0.25, -0.2) is 4.79 Å². The molecule has 2 amide bonds. The molecular formula is C19H18F3N3O5. The Balaban J connectivity index is 2.24. The van der Waals surface area contributed by atoms with Gasteiger partial charge < -0.3 is 25.2 Å². The molecule has 1 aliphatic heterocycles. The molecule has 1 saturated heterocycles. The number of halogens is 3. The number of ether oxygens (including phenoxy) is 2. The average molecular weight is 425 g/mol. The van der Waals surface area contributed by atoms with Crippen molar-refractivity contribution in [2.45, 2.75) is 17.9 Å². The summed E-state index contributed by atoms with van der Waals surface area (Å²) in [6, 6.07) is 4.07. The number of alkyl halides is 3. The predicted octanol–water partition coefficient (Wildman–Crippen LogP) is 2.20. The van der Waals surface area contributed by atoms with Crippen LogP contribution in [0.4, 0.5) is 18.0 Å². The van der Waals surface area contributed by atoms with Gasteiger partial charge in [-0.15, -0.1) is 0 Å². The average Bonchev–Trinajstić information content (AvgIpc) is 2.71. The molecule has 1 aliphatic rings. The normalized spacial score (nSPS) is 23.9. The van der Waals surface area contributed by atoms with E-state index in [0.29, 0.717) is 0 Å². The Bertz CT molecular complexity index is 954. The maximum absolute atomic E-state index is 13.9. The Hall–Kier alpha value is -3.34. The fourth-order valence-corrected chi connectivity index (χ4v) is 3.44. The fourth-order valence-electron chi connectivity index (χ4n) is 3.44. The summed E-state index contributed by atoms with van der Waals surface area (Å²) in [5.41, 5.74) is -3.99. The maximum atomic E-state index is 13.9. The van der Waals surface area contributed by atoms with E-state index in [-0.39, 0.29) is 22.6 Å². The molecule has 0 spiro atoms. The molecule has 0 bridgehead atoms. The monoisotopic (exact) mass is 425 g/mol. The van der Waals surface area contributed by atoms with Crippen LogP contribution in [0.1, 0.15) is 22.0 Å². The molecule has 2 heterocycles. The van der Waals surface area contributed by atoms with E-state index in [9.17, 15) is 27.9 Å². The molecule has 3 N–H and O–H groups in total. The zero-order valence-electron chi connectivity index (χ0n) is 15.9. The third kappa shape index (κ3) is 3.52. The first kappa shape index (κ1) is 21.4. The Morgan fingerprint density at radius 2 is 1.93 bits per heavy atom. The van der Waals surface area contributed by atoms with Crippen LogP contribution in [0.25, 0.3) is 0 Å². The number of nitrogens with one attached hydrogen (secondary N) is 2. The summed E-state index contributed by atoms with van der Waals surface area (Å²) >= 11 is 0. The van der Waals surface area contributed by atoms with Crippen molar-refractivity contribution in [3.8, 4) is 11.5 Å². The summed E-state index contributed by atoms with van der Waals surface area (Å²) in [6.45, 7) is 0. The fraction of sp³-hybridized carbons (Fsp3) is 0.316. The second-order valence-corrected chi connectivity index (χ2v) is 6.51. The lowest BCUT2D eigenvalue weighted by molar-refractivity contribution is -0.287. The van der Waals surface area contributed by atoms with Crippen LogP contribution < -0.4 is 20.1 Å². The van der Waals surface area contributed by atoms with Gasteiger partial charge in [-0.1, -0.05) is 12.1 Å². The summed E-state index contributed by atoms with van der Waals surface area (Å²) in [4.78, 5) is 29.0. The van der Waals surface area contributed by atoms with Crippen LogP contribution in [0.2, 0.25) is 0 Å². The molecule has 0 saturated carbocycles. The van der Waals surface area contributed by atoms with Gasteiger partial charge in [0.1, 0.15) is 5.92 Å². The topological polar surface area (TPSA) is 110 Å². The number of ketones is 1. The highest BCUT2D eigenvalue weighted by molar-refractivity contribution is 6.00. The van der Waals surface area contributed by atoms with E-state index >= 15 is 0 Å². The van der Waals surface area contributed by atoms with Gasteiger partial charge in [0.2, 0.25) is 5.72 Å². The number of Topliss-reactive ketones (excluding diaryl/α,β-unsaturated/α-hetero) is 1. The summed E-state index contributed by atoms with van der Waals surface area (Å²) in [7, 11) is 2.59. The number of hydrogen-bond donors (Lipinski definition) is 3. The molecule has 1 fully saturated rings. The van der Waals surface area contributed by atoms with Gasteiger partial charge in [0.25, 0.3) is 0 Å². The highest BCUT2D eigenvalue weighted by atomic mass is 19.4. The van der Waals surface area contributed by atoms with Gasteiger partial charge in [0, 0.05) is 23.5 Å². The molecular weight excluding hydrogens is 407 g/mol. The number of rotatable bonds is 5. The zero-order chi connectivity index (χ0) is 22.1. The number of nitrogens with zero attached hydrogens (tertiary/aromatic N) is 1. The second kappa shape index (κ2) is 7.82. The minimum atomic E-state index is -5.36. The van der Waals surface area contributed by atoms with Crippen molar-refractivity contribution in [2.75, 3.05) is 14.2 Å². The van der Waals surface area contributed by atoms with Crippen LogP contribution in [0, 0.1) is 5.92 Å². The number of carbonyl (C=O) groups is 2. The zero-order valence-corrected chi connectivity index (χ0v) is 15.9. The quantitative estimate of drug-likeness (QED) is 0.634. The Morgan fingerprint density at radius 1 is 1.20 bits per heavy atom. The van der Waals surface area contributed by atoms with Crippen molar-refractivity contribution in [3.63, 3.8) is 0 Å². The highest BCUT2D eigenvalue weighted by Gasteiger charge is 2.66. The van der Waals surface area contributed by atoms with Gasteiger partial charge in [-0.3, -0.25) is 9.78 Å². The van der Waals surface area contributed by atoms with Gasteiger partial charge in [-0.05, 0) is 18.2 Å². The van der Waals surface area contributed by atoms with Gasteiger partial charge in [0.15, 0.2) is 17.3 Å². The highest BCUT2D eigenvalue weighted by Crippen LogP contribution is 2.47. The molecule has 2 aromatic rings. The Labute approximate surface area is 169 Å². The Kier molecular flexibility index (Phi) is 5.57. The van der Waals surface area contributed by atoms with E-state index in [0.717, 1.165) is 6.20 Å². The molecule has 3 rings (SSSR count). The first-order chi connectivity index (χ1) is 14.1. The number of hydrogen-bond acceptors (Lipinski definition) is 6. The lowest BCUT2D eigenvalue weighted by Crippen LogP contribution is -2.72. The first-order valence-corrected chi connectivity index (χ1v) is 8.67. The SMILES string of the molecule is COc1cccc([C@H]2NC(=O)N[C@](O)(C(F)(F)F)[C@@H]2C(=O)c2cccnc2)c1OC. The summed E-state index contributed by atoms with van der Waals surface area (Å²) in [6.07, 6.45) is -2.94. The van der Waals surface area contributed by atoms with Crippen molar-refractivity contribution in [2.24, 2.45) is 5.92 Å². The van der Waals surface area contributed by atoms with E-state index in [1.165, 1.54) is 56.1 Å². The van der Waals surface area contributed by atoms with Crippen LogP contribution in [0.3, 0.4) is 0 Å². The number of para-hydroxylation sites is 1. The summed E-state index contributed by atoms with van der Waals surface area (Å²) < 4.78 is 52.2. The van der Waals surface area contributed by atoms with Crippen LogP contribution in [0.5, 0.6) is 11.5 Å². The van der Waals surface area contributed by atoms with Gasteiger partial charge in [0.05, 0.1) is 20.3 Å². The number of urea groups is 1. The number of aromatic nitrogens is 1. The number of amides is 2. The molecule has 160 valence electrons. The molecule has 0 unspecified atom stereocenters. The molecule has 30 heavy (non-hydrogen) atoms. The van der Waals surface area contributed by atoms with Gasteiger partial charge >= 0.3 is 12.2 Å². The molecule has 8 nitrogen and oxygen atoms in total. The second-order valence-electron chi connectivity index (χ2n) is 6.51. The summed E-state index contributed by atoms with van der Waals surface area (Å²) in [5.74, 6) is -3.09. The number of benzene rings is 1. The molecule has 0 radical (unpaired) electrons. The van der Waals surface area contributed by atoms with Crippen molar-refractivity contribution < 1.29 is 37.3 Å². The third-order valence-corrected chi connectivity index (χ3v) is 4.80. The van der Waals surface area contributed by atoms with Crippen LogP contribution in [-0.4, -0.2) is 48.0 Å². The van der Waals surface area contributed by atoms with Crippen LogP contribution >= 0.6 is 0 Å². The molecule has 1 aromatic carbocycles. The lowest BCUT2D eigenvalue weighted by atomic mass is 9.77. The summed E-state index contributed by atoms with van der Waals surface area (Å²) in [5, 5.41) is 14.3. The van der Waals surface area contributed by atoms with Gasteiger partial charge in [-0.2, -0.15) is 13.2 Å². The first-order valence-electron chi connectivity index (χ1n) is 8.67. The van der Waals surface area contributed by atoms with E-state index in [4.69, 9.17) is 9.47 Å². The minimum Gasteiger partial charge on any atom is -0.493 e. The maximum Gasteiger partial charge on any atom is 0.437 e. The number of methoxy groups -OCH3 is 2. The van der Waals surface area contributed by atoms with E-state index in [1.807, 2.05) is 0 Å². The van der Waals surface area contributed by atoms with Crippen molar-refractivity contribution >= 4 is 11.8 Å². The predicted molar refractivity (Wildman–Crippen MR) is 97.0 cm³/mol. The number of pyridine rings is 1. The van der Waals surface area contributed by atoms with E-state index < -0.39 is 35.7 Å². The van der Waals surface area contributed by atoms with Crippen LogP contribution in [-0.2, 0) is 0 Å². The number of aliphatic hydroxyl groups is 1. The standard InChI is InChI=1S/C19H18F3N3O5/c1-29-12-7-3-6-11(16(12)30-2)14-13(15(26)10-5-4-8-23-9-10)18(28,19(20,21)22)25-17(27)24-14/h3-9,13-14,28H,1-2H3,(H2,24,25,27)/t13-,14+,18+/m0/s1. The van der Waals surface area contributed by atoms with Crippen LogP contribution in [0.15, 0.2) is 42.7 Å². The van der Waals surface area contributed by atoms with Crippen molar-refractivity contribution in [3.05, 3.63) is 53.9 Å². The molecule has 0 aliphatic carbocycles. The third-order valence-electron chi connectivity index (χ3n) is 4.80. The van der Waals surface area contributed by atoms with Crippen molar-refractivity contribution in [1.29, 1.82) is 0 Å². The van der Waals surface area contributed by atoms with Crippen molar-refractivity contribution in [1.82, 2.24) is 15.6 Å². The smallest absolute Gasteiger partial charge is 0.437 e. The molecule has 3 atom stereocenters. The minimum absolute atomic E-state index is 0.0145. The molecule has 11 heteroatoms.